The maximum absolute atomic E-state index is 13.4. The molecular weight excluding hydrogens is 412 g/mol. The number of aromatic nitrogens is 1. The van der Waals surface area contributed by atoms with Crippen molar-refractivity contribution in [2.75, 3.05) is 4.90 Å². The van der Waals surface area contributed by atoms with Crippen molar-refractivity contribution < 1.29 is 15.0 Å². The molecule has 0 bridgehead atoms. The molecule has 0 spiro atoms. The topological polar surface area (TPSA) is 73.7 Å². The summed E-state index contributed by atoms with van der Waals surface area (Å²) in [7, 11) is 0. The molecule has 5 heteroatoms. The van der Waals surface area contributed by atoms with Crippen LogP contribution in [0.5, 0.6) is 11.5 Å². The lowest BCUT2D eigenvalue weighted by Gasteiger charge is -2.35. The smallest absolute Gasteiger partial charge is 0.262 e. The van der Waals surface area contributed by atoms with Gasteiger partial charge in [0.05, 0.1) is 16.8 Å². The summed E-state index contributed by atoms with van der Waals surface area (Å²) in [4.78, 5) is 20.1. The maximum atomic E-state index is 13.4. The van der Waals surface area contributed by atoms with Gasteiger partial charge in [-0.25, -0.2) is 4.98 Å². The quantitative estimate of drug-likeness (QED) is 0.420. The van der Waals surface area contributed by atoms with Crippen molar-refractivity contribution in [3.05, 3.63) is 83.4 Å². The number of aryl methyl sites for hydroxylation is 2. The molecule has 1 aliphatic heterocycles. The van der Waals surface area contributed by atoms with E-state index >= 15 is 0 Å². The van der Waals surface area contributed by atoms with Gasteiger partial charge in [0.2, 0.25) is 0 Å². The van der Waals surface area contributed by atoms with Gasteiger partial charge in [-0.1, -0.05) is 31.2 Å². The molecule has 166 valence electrons. The number of fused-ring (bicyclic) bond motifs is 2. The van der Waals surface area contributed by atoms with E-state index in [1.807, 2.05) is 37.3 Å². The molecule has 0 saturated carbocycles. The number of nitrogens with zero attached hydrogens (tertiary/aromatic N) is 2. The minimum atomic E-state index is -0.272. The number of aromatic hydroxyl groups is 2. The molecule has 0 fully saturated rings. The van der Waals surface area contributed by atoms with Crippen LogP contribution in [0.1, 0.15) is 41.8 Å². The van der Waals surface area contributed by atoms with E-state index in [2.05, 4.69) is 25.1 Å². The van der Waals surface area contributed by atoms with Crippen LogP contribution in [0.25, 0.3) is 22.2 Å². The third-order valence-electron chi connectivity index (χ3n) is 6.50. The van der Waals surface area contributed by atoms with E-state index in [0.717, 1.165) is 52.7 Å². The van der Waals surface area contributed by atoms with Crippen LogP contribution >= 0.6 is 0 Å². The number of rotatable bonds is 3. The second-order valence-corrected chi connectivity index (χ2v) is 8.65. The van der Waals surface area contributed by atoms with Gasteiger partial charge in [-0.05, 0) is 73.7 Å². The number of pyridine rings is 1. The fraction of sp³-hybridized carbons (Fsp3) is 0.214. The average molecular weight is 439 g/mol. The second kappa shape index (κ2) is 8.24. The zero-order valence-corrected chi connectivity index (χ0v) is 18.7. The van der Waals surface area contributed by atoms with E-state index in [-0.39, 0.29) is 29.0 Å². The van der Waals surface area contributed by atoms with Gasteiger partial charge in [0.1, 0.15) is 11.5 Å². The Bertz CT molecular complexity index is 1380. The van der Waals surface area contributed by atoms with Crippen LogP contribution in [0.4, 0.5) is 5.69 Å². The Morgan fingerprint density at radius 3 is 2.67 bits per heavy atom. The molecule has 0 unspecified atom stereocenters. The predicted octanol–water partition coefficient (Wildman–Crippen LogP) is 5.86. The largest absolute Gasteiger partial charge is 0.508 e. The summed E-state index contributed by atoms with van der Waals surface area (Å²) in [5.74, 6) is -0.564. The summed E-state index contributed by atoms with van der Waals surface area (Å²) in [5.41, 5.74) is 6.32. The van der Waals surface area contributed by atoms with Gasteiger partial charge in [-0.2, -0.15) is 0 Å². The Morgan fingerprint density at radius 2 is 1.88 bits per heavy atom. The zero-order valence-electron chi connectivity index (χ0n) is 18.7. The lowest BCUT2D eigenvalue weighted by molar-refractivity contribution is 0.0972. The van der Waals surface area contributed by atoms with Gasteiger partial charge in [-0.3, -0.25) is 4.79 Å². The average Bonchev–Trinajstić information content (AvgIpc) is 2.82. The van der Waals surface area contributed by atoms with E-state index < -0.39 is 0 Å². The third-order valence-corrected chi connectivity index (χ3v) is 6.50. The molecule has 3 aromatic carbocycles. The fourth-order valence-electron chi connectivity index (χ4n) is 4.72. The molecule has 1 amide bonds. The number of carbonyl (C=O) groups is 1. The van der Waals surface area contributed by atoms with Crippen molar-refractivity contribution in [3.63, 3.8) is 0 Å². The molecule has 1 aromatic heterocycles. The highest BCUT2D eigenvalue weighted by Gasteiger charge is 2.30. The second-order valence-electron chi connectivity index (χ2n) is 8.65. The minimum absolute atomic E-state index is 0.00551. The van der Waals surface area contributed by atoms with Gasteiger partial charge in [-0.15, -0.1) is 0 Å². The van der Waals surface area contributed by atoms with Crippen LogP contribution in [0, 0.1) is 0 Å². The number of hydrogen-bond donors (Lipinski definition) is 2. The molecule has 1 atom stereocenters. The van der Waals surface area contributed by atoms with E-state index in [9.17, 15) is 15.0 Å². The summed E-state index contributed by atoms with van der Waals surface area (Å²) in [5, 5.41) is 21.0. The van der Waals surface area contributed by atoms with Gasteiger partial charge in [0.25, 0.3) is 5.91 Å². The standard InChI is InChI=1S/C28H26N2O3/c1-3-18-14-19-6-4-5-7-24(19)29-27(18)21-10-13-25-20(15-21)9-8-17(2)30(25)28(33)23-12-11-22(31)16-26(23)32/h4-7,10-17,31-32H,3,8-9H2,1-2H3/t17-/m0/s1. The van der Waals surface area contributed by atoms with Crippen molar-refractivity contribution in [2.24, 2.45) is 0 Å². The van der Waals surface area contributed by atoms with Gasteiger partial charge >= 0.3 is 0 Å². The van der Waals surface area contributed by atoms with Crippen LogP contribution in [0.3, 0.4) is 0 Å². The predicted molar refractivity (Wildman–Crippen MR) is 131 cm³/mol. The Hall–Kier alpha value is -3.86. The van der Waals surface area contributed by atoms with Gasteiger partial charge < -0.3 is 15.1 Å². The molecule has 2 heterocycles. The van der Waals surface area contributed by atoms with E-state index in [1.54, 1.807) is 4.90 Å². The number of anilines is 1. The molecule has 33 heavy (non-hydrogen) atoms. The summed E-state index contributed by atoms with van der Waals surface area (Å²) in [6, 6.07) is 20.6. The molecule has 2 N–H and O–H groups in total. The summed E-state index contributed by atoms with van der Waals surface area (Å²) in [6.45, 7) is 4.16. The van der Waals surface area contributed by atoms with E-state index in [1.165, 1.54) is 23.8 Å². The molecule has 1 aliphatic rings. The Kier molecular flexibility index (Phi) is 5.25. The van der Waals surface area contributed by atoms with Crippen molar-refractivity contribution in [3.8, 4) is 22.8 Å². The number of amides is 1. The maximum Gasteiger partial charge on any atom is 0.262 e. The molecule has 5 nitrogen and oxygen atoms in total. The Labute approximate surface area is 193 Å². The number of hydrogen-bond acceptors (Lipinski definition) is 4. The van der Waals surface area contributed by atoms with Crippen LogP contribution in [0.2, 0.25) is 0 Å². The Morgan fingerprint density at radius 1 is 1.06 bits per heavy atom. The van der Waals surface area contributed by atoms with Crippen LogP contribution in [-0.4, -0.2) is 27.1 Å². The fourth-order valence-corrected chi connectivity index (χ4v) is 4.72. The zero-order chi connectivity index (χ0) is 23.1. The first-order valence-corrected chi connectivity index (χ1v) is 11.3. The molecule has 0 radical (unpaired) electrons. The van der Waals surface area contributed by atoms with Gasteiger partial charge in [0.15, 0.2) is 0 Å². The lowest BCUT2D eigenvalue weighted by Crippen LogP contribution is -2.42. The first kappa shape index (κ1) is 21.0. The number of para-hydroxylation sites is 1. The van der Waals surface area contributed by atoms with E-state index in [0.29, 0.717) is 0 Å². The number of phenols is 2. The third kappa shape index (κ3) is 3.69. The molecular formula is C28H26N2O3. The molecule has 5 rings (SSSR count). The SMILES string of the molecule is CCc1cc2ccccc2nc1-c1ccc2c(c1)CC[C@H](C)N2C(=O)c1ccc(O)cc1O. The highest BCUT2D eigenvalue weighted by Crippen LogP contribution is 2.37. The minimum Gasteiger partial charge on any atom is -0.508 e. The monoisotopic (exact) mass is 438 g/mol. The van der Waals surface area contributed by atoms with Crippen molar-refractivity contribution >= 4 is 22.5 Å². The Balaban J connectivity index is 1.58. The number of benzene rings is 3. The molecule has 0 aliphatic carbocycles. The van der Waals surface area contributed by atoms with E-state index in [4.69, 9.17) is 4.98 Å². The molecule has 4 aromatic rings. The summed E-state index contributed by atoms with van der Waals surface area (Å²) < 4.78 is 0. The van der Waals surface area contributed by atoms with Crippen LogP contribution < -0.4 is 4.90 Å². The van der Waals surface area contributed by atoms with Crippen molar-refractivity contribution in [2.45, 2.75) is 39.2 Å². The van der Waals surface area contributed by atoms with Crippen LogP contribution in [-0.2, 0) is 12.8 Å². The highest BCUT2D eigenvalue weighted by atomic mass is 16.3. The summed E-state index contributed by atoms with van der Waals surface area (Å²) in [6.07, 6.45) is 2.57. The van der Waals surface area contributed by atoms with Crippen molar-refractivity contribution in [1.82, 2.24) is 4.98 Å². The van der Waals surface area contributed by atoms with Crippen LogP contribution in [0.15, 0.2) is 66.7 Å². The van der Waals surface area contributed by atoms with Crippen molar-refractivity contribution in [1.29, 1.82) is 0 Å². The highest BCUT2D eigenvalue weighted by molar-refractivity contribution is 6.09. The number of phenolic OH excluding ortho intramolecular Hbond substituents is 2. The first-order chi connectivity index (χ1) is 16.0. The normalized spacial score (nSPS) is 15.5. The van der Waals surface area contributed by atoms with Gasteiger partial charge in [0, 0.05) is 28.7 Å². The number of carbonyl (C=O) groups excluding carboxylic acids is 1. The lowest BCUT2D eigenvalue weighted by atomic mass is 9.92. The first-order valence-electron chi connectivity index (χ1n) is 11.3. The summed E-state index contributed by atoms with van der Waals surface area (Å²) >= 11 is 0. The molecule has 0 saturated heterocycles.